The summed E-state index contributed by atoms with van der Waals surface area (Å²) in [6.45, 7) is 4.83. The SMILES string of the molecule is COC(=O)c1sc2cc(NC(=S)N3CCN(c4ccc(C(C)=O)cc4)CC3)ccc2c1Cl. The number of nitrogens with zero attached hydrogens (tertiary/aromatic N) is 2. The number of benzene rings is 2. The third-order valence-electron chi connectivity index (χ3n) is 5.46. The molecule has 0 unspecified atom stereocenters. The van der Waals surface area contributed by atoms with Crippen LogP contribution in [0.4, 0.5) is 11.4 Å². The zero-order chi connectivity index (χ0) is 22.8. The quantitative estimate of drug-likeness (QED) is 0.313. The molecule has 32 heavy (non-hydrogen) atoms. The van der Waals surface area contributed by atoms with E-state index in [1.807, 2.05) is 42.5 Å². The fourth-order valence-electron chi connectivity index (χ4n) is 3.64. The van der Waals surface area contributed by atoms with Crippen LogP contribution in [0.25, 0.3) is 10.1 Å². The average molecular weight is 488 g/mol. The first-order valence-electron chi connectivity index (χ1n) is 10.1. The first-order chi connectivity index (χ1) is 15.4. The van der Waals surface area contributed by atoms with E-state index in [2.05, 4.69) is 15.1 Å². The lowest BCUT2D eigenvalue weighted by molar-refractivity contribution is 0.0606. The molecule has 1 N–H and O–H groups in total. The molecule has 9 heteroatoms. The second-order valence-electron chi connectivity index (χ2n) is 7.45. The molecule has 0 amide bonds. The van der Waals surface area contributed by atoms with Crippen LogP contribution in [0.15, 0.2) is 42.5 Å². The molecule has 1 fully saturated rings. The molecule has 0 atom stereocenters. The number of hydrogen-bond donors (Lipinski definition) is 1. The summed E-state index contributed by atoms with van der Waals surface area (Å²) in [7, 11) is 1.34. The zero-order valence-electron chi connectivity index (χ0n) is 17.7. The van der Waals surface area contributed by atoms with Crippen molar-refractivity contribution in [2.75, 3.05) is 43.5 Å². The van der Waals surface area contributed by atoms with Crippen molar-refractivity contribution in [1.82, 2.24) is 4.90 Å². The summed E-state index contributed by atoms with van der Waals surface area (Å²) < 4.78 is 5.69. The maximum Gasteiger partial charge on any atom is 0.349 e. The monoisotopic (exact) mass is 487 g/mol. The molecule has 1 aliphatic heterocycles. The van der Waals surface area contributed by atoms with Gasteiger partial charge in [-0.05, 0) is 61.6 Å². The average Bonchev–Trinajstić information content (AvgIpc) is 3.14. The third kappa shape index (κ3) is 4.57. The highest BCUT2D eigenvalue weighted by atomic mass is 35.5. The molecular weight excluding hydrogens is 466 g/mol. The molecular formula is C23H22ClN3O3S2. The van der Waals surface area contributed by atoms with Crippen molar-refractivity contribution in [2.45, 2.75) is 6.92 Å². The normalized spacial score (nSPS) is 13.8. The molecule has 2 aromatic carbocycles. The Balaban J connectivity index is 1.39. The van der Waals surface area contributed by atoms with Crippen molar-refractivity contribution >= 4 is 73.5 Å². The van der Waals surface area contributed by atoms with Gasteiger partial charge >= 0.3 is 5.97 Å². The Hall–Kier alpha value is -2.68. The van der Waals surface area contributed by atoms with Crippen LogP contribution in [-0.2, 0) is 4.74 Å². The number of hydrogen-bond acceptors (Lipinski definition) is 6. The molecule has 6 nitrogen and oxygen atoms in total. The number of halogens is 1. The molecule has 0 radical (unpaired) electrons. The van der Waals surface area contributed by atoms with Crippen molar-refractivity contribution in [3.63, 3.8) is 0 Å². The van der Waals surface area contributed by atoms with Crippen molar-refractivity contribution in [2.24, 2.45) is 0 Å². The summed E-state index contributed by atoms with van der Waals surface area (Å²) in [4.78, 5) is 28.2. The molecule has 1 aromatic heterocycles. The van der Waals surface area contributed by atoms with E-state index >= 15 is 0 Å². The van der Waals surface area contributed by atoms with Gasteiger partial charge in [-0.3, -0.25) is 4.79 Å². The number of anilines is 2. The molecule has 1 saturated heterocycles. The van der Waals surface area contributed by atoms with E-state index in [0.717, 1.165) is 53.2 Å². The third-order valence-corrected chi connectivity index (χ3v) is 7.45. The summed E-state index contributed by atoms with van der Waals surface area (Å²) in [5.74, 6) is -0.364. The summed E-state index contributed by atoms with van der Waals surface area (Å²) >= 11 is 13.3. The first-order valence-corrected chi connectivity index (χ1v) is 11.7. The lowest BCUT2D eigenvalue weighted by Gasteiger charge is -2.37. The van der Waals surface area contributed by atoms with Crippen LogP contribution in [0.1, 0.15) is 27.0 Å². The van der Waals surface area contributed by atoms with Gasteiger partial charge in [-0.1, -0.05) is 11.6 Å². The predicted octanol–water partition coefficient (Wildman–Crippen LogP) is 5.06. The Morgan fingerprint density at radius 2 is 1.78 bits per heavy atom. The van der Waals surface area contributed by atoms with Gasteiger partial charge in [0.05, 0.1) is 12.1 Å². The molecule has 2 heterocycles. The number of carbonyl (C=O) groups excluding carboxylic acids is 2. The Bertz CT molecular complexity index is 1190. The number of fused-ring (bicyclic) bond motifs is 1. The van der Waals surface area contributed by atoms with Gasteiger partial charge in [0.15, 0.2) is 10.9 Å². The van der Waals surface area contributed by atoms with Gasteiger partial charge in [0, 0.05) is 53.2 Å². The minimum absolute atomic E-state index is 0.0716. The Kier molecular flexibility index (Phi) is 6.64. The van der Waals surface area contributed by atoms with Crippen molar-refractivity contribution in [3.8, 4) is 0 Å². The van der Waals surface area contributed by atoms with Crippen LogP contribution in [0.5, 0.6) is 0 Å². The lowest BCUT2D eigenvalue weighted by atomic mass is 10.1. The van der Waals surface area contributed by atoms with Crippen LogP contribution in [0.2, 0.25) is 5.02 Å². The number of esters is 1. The number of nitrogens with one attached hydrogen (secondary N) is 1. The van der Waals surface area contributed by atoms with E-state index in [9.17, 15) is 9.59 Å². The van der Waals surface area contributed by atoms with Gasteiger partial charge in [0.2, 0.25) is 0 Å². The fraction of sp³-hybridized carbons (Fsp3) is 0.261. The van der Waals surface area contributed by atoms with E-state index in [1.54, 1.807) is 6.92 Å². The molecule has 3 aromatic rings. The van der Waals surface area contributed by atoms with E-state index < -0.39 is 5.97 Å². The van der Waals surface area contributed by atoms with E-state index in [4.69, 9.17) is 28.6 Å². The van der Waals surface area contributed by atoms with Crippen LogP contribution in [0.3, 0.4) is 0 Å². The Morgan fingerprint density at radius 1 is 1.09 bits per heavy atom. The van der Waals surface area contributed by atoms with Crippen molar-refractivity contribution in [1.29, 1.82) is 0 Å². The lowest BCUT2D eigenvalue weighted by Crippen LogP contribution is -2.50. The van der Waals surface area contributed by atoms with Gasteiger partial charge in [-0.15, -0.1) is 11.3 Å². The predicted molar refractivity (Wildman–Crippen MR) is 135 cm³/mol. The number of thiophene rings is 1. The second kappa shape index (κ2) is 9.44. The zero-order valence-corrected chi connectivity index (χ0v) is 20.1. The highest BCUT2D eigenvalue weighted by molar-refractivity contribution is 7.80. The summed E-state index contributed by atoms with van der Waals surface area (Å²) in [6.07, 6.45) is 0. The van der Waals surface area contributed by atoms with E-state index in [0.29, 0.717) is 15.0 Å². The van der Waals surface area contributed by atoms with Gasteiger partial charge in [-0.2, -0.15) is 0 Å². The maximum atomic E-state index is 11.9. The van der Waals surface area contributed by atoms with Crippen LogP contribution < -0.4 is 10.2 Å². The standard InChI is InChI=1S/C23H22ClN3O3S2/c1-14(28)15-3-6-17(7-4-15)26-9-11-27(12-10-26)23(31)25-16-5-8-18-19(13-16)32-21(20(18)24)22(29)30-2/h3-8,13H,9-12H2,1-2H3,(H,25,31). The van der Waals surface area contributed by atoms with E-state index in [1.165, 1.54) is 18.4 Å². The van der Waals surface area contributed by atoms with Crippen LogP contribution in [0, 0.1) is 0 Å². The number of Topliss-reactive ketones (excluding diaryl/α,β-unsaturated/α-hetero) is 1. The van der Waals surface area contributed by atoms with E-state index in [-0.39, 0.29) is 5.78 Å². The molecule has 0 saturated carbocycles. The smallest absolute Gasteiger partial charge is 0.349 e. The second-order valence-corrected chi connectivity index (χ2v) is 9.27. The summed E-state index contributed by atoms with van der Waals surface area (Å²) in [5.41, 5.74) is 2.68. The minimum Gasteiger partial charge on any atom is -0.465 e. The first kappa shape index (κ1) is 22.5. The van der Waals surface area contributed by atoms with Gasteiger partial charge < -0.3 is 19.9 Å². The van der Waals surface area contributed by atoms with Crippen molar-refractivity contribution < 1.29 is 14.3 Å². The van der Waals surface area contributed by atoms with Crippen LogP contribution >= 0.6 is 35.2 Å². The highest BCUT2D eigenvalue weighted by Crippen LogP contribution is 2.37. The number of carbonyl (C=O) groups is 2. The molecule has 0 spiro atoms. The number of methoxy groups -OCH3 is 1. The number of thiocarbonyl (C=S) groups is 1. The number of rotatable bonds is 4. The number of piperazine rings is 1. The minimum atomic E-state index is -0.435. The molecule has 1 aliphatic rings. The van der Waals surface area contributed by atoms with Gasteiger partial charge in [-0.25, -0.2) is 4.79 Å². The summed E-state index contributed by atoms with van der Waals surface area (Å²) in [6, 6.07) is 13.5. The molecule has 166 valence electrons. The number of ether oxygens (including phenoxy) is 1. The topological polar surface area (TPSA) is 61.9 Å². The molecule has 0 bridgehead atoms. The molecule has 0 aliphatic carbocycles. The highest BCUT2D eigenvalue weighted by Gasteiger charge is 2.21. The van der Waals surface area contributed by atoms with Gasteiger partial charge in [0.25, 0.3) is 0 Å². The van der Waals surface area contributed by atoms with Gasteiger partial charge in [0.1, 0.15) is 4.88 Å². The molecule has 4 rings (SSSR count). The Labute approximate surface area is 200 Å². The van der Waals surface area contributed by atoms with Crippen LogP contribution in [-0.4, -0.2) is 55.1 Å². The number of ketones is 1. The van der Waals surface area contributed by atoms with Crippen molar-refractivity contribution in [3.05, 3.63) is 57.9 Å². The largest absolute Gasteiger partial charge is 0.465 e. The maximum absolute atomic E-state index is 11.9. The fourth-order valence-corrected chi connectivity index (χ4v) is 5.41. The Morgan fingerprint density at radius 3 is 2.41 bits per heavy atom. The summed E-state index contributed by atoms with van der Waals surface area (Å²) in [5, 5.41) is 5.19.